The quantitative estimate of drug-likeness (QED) is 0.421. The molecule has 164 valence electrons. The standard InChI is InChI=1S/C23H27N3O5/c1-29-18-10-9-16(13-19(18)30-2)21-20(22(27)31-3)17(25-23(28)26-21)14-24-12-11-15-7-5-4-6-8-15/h4-10,13,21,24H,11-12,14H2,1-3H3,(H2,25,26,28)/t21-/m1/s1. The summed E-state index contributed by atoms with van der Waals surface area (Å²) >= 11 is 0. The van der Waals surface area contributed by atoms with Crippen molar-refractivity contribution in [3.05, 3.63) is 70.9 Å². The van der Waals surface area contributed by atoms with E-state index >= 15 is 0 Å². The van der Waals surface area contributed by atoms with E-state index in [0.717, 1.165) is 6.42 Å². The molecule has 8 heteroatoms. The summed E-state index contributed by atoms with van der Waals surface area (Å²) in [6.45, 7) is 1.00. The molecule has 8 nitrogen and oxygen atoms in total. The third-order valence-corrected chi connectivity index (χ3v) is 5.03. The average Bonchev–Trinajstić information content (AvgIpc) is 2.81. The number of ether oxygens (including phenoxy) is 3. The van der Waals surface area contributed by atoms with Gasteiger partial charge < -0.3 is 30.2 Å². The largest absolute Gasteiger partial charge is 0.493 e. The molecule has 0 unspecified atom stereocenters. The third-order valence-electron chi connectivity index (χ3n) is 5.03. The number of carbonyl (C=O) groups excluding carboxylic acids is 2. The maximum absolute atomic E-state index is 12.6. The maximum atomic E-state index is 12.6. The minimum atomic E-state index is -0.688. The molecule has 0 saturated carbocycles. The first-order valence-electron chi connectivity index (χ1n) is 9.92. The van der Waals surface area contributed by atoms with Crippen LogP contribution in [0.4, 0.5) is 4.79 Å². The Hall–Kier alpha value is -3.52. The van der Waals surface area contributed by atoms with Crippen LogP contribution in [0.3, 0.4) is 0 Å². The molecule has 3 rings (SSSR count). The van der Waals surface area contributed by atoms with Crippen LogP contribution >= 0.6 is 0 Å². The smallest absolute Gasteiger partial charge is 0.338 e. The average molecular weight is 425 g/mol. The molecule has 2 aromatic rings. The Bertz CT molecular complexity index is 959. The van der Waals surface area contributed by atoms with Crippen LogP contribution in [-0.4, -0.2) is 46.4 Å². The number of rotatable bonds is 9. The van der Waals surface area contributed by atoms with Gasteiger partial charge in [-0.25, -0.2) is 9.59 Å². The number of amides is 2. The zero-order valence-corrected chi connectivity index (χ0v) is 17.9. The normalized spacial score (nSPS) is 15.7. The van der Waals surface area contributed by atoms with Crippen LogP contribution < -0.4 is 25.4 Å². The summed E-state index contributed by atoms with van der Waals surface area (Å²) in [5.74, 6) is 0.532. The van der Waals surface area contributed by atoms with Crippen molar-refractivity contribution < 1.29 is 23.8 Å². The van der Waals surface area contributed by atoms with Gasteiger partial charge >= 0.3 is 12.0 Å². The van der Waals surface area contributed by atoms with E-state index in [2.05, 4.69) is 28.1 Å². The van der Waals surface area contributed by atoms with Gasteiger partial charge in [0.15, 0.2) is 11.5 Å². The van der Waals surface area contributed by atoms with Gasteiger partial charge in [0.1, 0.15) is 0 Å². The molecule has 0 saturated heterocycles. The number of urea groups is 1. The van der Waals surface area contributed by atoms with Gasteiger partial charge in [-0.1, -0.05) is 36.4 Å². The van der Waals surface area contributed by atoms with Crippen LogP contribution in [0.15, 0.2) is 59.8 Å². The molecule has 0 aromatic heterocycles. The lowest BCUT2D eigenvalue weighted by molar-refractivity contribution is -0.136. The first-order valence-corrected chi connectivity index (χ1v) is 9.92. The van der Waals surface area contributed by atoms with Gasteiger partial charge in [-0.2, -0.15) is 0 Å². The molecule has 1 heterocycles. The van der Waals surface area contributed by atoms with Crippen LogP contribution in [0.1, 0.15) is 17.2 Å². The second-order valence-corrected chi connectivity index (χ2v) is 6.94. The van der Waals surface area contributed by atoms with E-state index in [1.807, 2.05) is 18.2 Å². The number of hydrogen-bond donors (Lipinski definition) is 3. The topological polar surface area (TPSA) is 97.9 Å². The molecular weight excluding hydrogens is 398 g/mol. The van der Waals surface area contributed by atoms with E-state index in [1.54, 1.807) is 25.3 Å². The van der Waals surface area contributed by atoms with Crippen molar-refractivity contribution in [3.8, 4) is 11.5 Å². The van der Waals surface area contributed by atoms with Gasteiger partial charge in [0.2, 0.25) is 0 Å². The molecular formula is C23H27N3O5. The Morgan fingerprint density at radius 1 is 1.03 bits per heavy atom. The molecule has 1 atom stereocenters. The molecule has 2 aromatic carbocycles. The van der Waals surface area contributed by atoms with Crippen molar-refractivity contribution in [1.82, 2.24) is 16.0 Å². The van der Waals surface area contributed by atoms with E-state index in [0.29, 0.717) is 41.4 Å². The van der Waals surface area contributed by atoms with E-state index in [1.165, 1.54) is 19.8 Å². The summed E-state index contributed by atoms with van der Waals surface area (Å²) < 4.78 is 15.7. The highest BCUT2D eigenvalue weighted by Gasteiger charge is 2.33. The lowest BCUT2D eigenvalue weighted by Gasteiger charge is -2.29. The summed E-state index contributed by atoms with van der Waals surface area (Å²) in [7, 11) is 4.39. The van der Waals surface area contributed by atoms with Crippen LogP contribution in [0.5, 0.6) is 11.5 Å². The summed E-state index contributed by atoms with van der Waals surface area (Å²) in [5.41, 5.74) is 2.69. The minimum absolute atomic E-state index is 0.314. The second kappa shape index (κ2) is 10.5. The van der Waals surface area contributed by atoms with Gasteiger partial charge in [0.25, 0.3) is 0 Å². The van der Waals surface area contributed by atoms with Crippen molar-refractivity contribution in [3.63, 3.8) is 0 Å². The highest BCUT2D eigenvalue weighted by molar-refractivity contribution is 5.95. The van der Waals surface area contributed by atoms with E-state index in [-0.39, 0.29) is 0 Å². The molecule has 0 bridgehead atoms. The fourth-order valence-corrected chi connectivity index (χ4v) is 3.48. The van der Waals surface area contributed by atoms with Gasteiger partial charge in [-0.05, 0) is 36.2 Å². The lowest BCUT2D eigenvalue weighted by Crippen LogP contribution is -2.48. The fourth-order valence-electron chi connectivity index (χ4n) is 3.48. The van der Waals surface area contributed by atoms with Crippen LogP contribution in [0, 0.1) is 0 Å². The summed E-state index contributed by atoms with van der Waals surface area (Å²) in [6, 6.07) is 14.2. The molecule has 1 aliphatic rings. The van der Waals surface area contributed by atoms with Crippen molar-refractivity contribution in [2.45, 2.75) is 12.5 Å². The molecule has 3 N–H and O–H groups in total. The number of esters is 1. The number of carbonyl (C=O) groups is 2. The first-order chi connectivity index (χ1) is 15.1. The van der Waals surface area contributed by atoms with Crippen molar-refractivity contribution in [2.24, 2.45) is 0 Å². The maximum Gasteiger partial charge on any atom is 0.338 e. The fraction of sp³-hybridized carbons (Fsp3) is 0.304. The molecule has 0 fully saturated rings. The monoisotopic (exact) mass is 425 g/mol. The molecule has 1 aliphatic heterocycles. The zero-order chi connectivity index (χ0) is 22.2. The Labute approximate surface area is 181 Å². The van der Waals surface area contributed by atoms with Crippen molar-refractivity contribution >= 4 is 12.0 Å². The number of nitrogens with one attached hydrogen (secondary N) is 3. The summed E-state index contributed by atoms with van der Waals surface area (Å²) in [4.78, 5) is 25.0. The Morgan fingerprint density at radius 3 is 2.45 bits per heavy atom. The Balaban J connectivity index is 1.84. The van der Waals surface area contributed by atoms with E-state index < -0.39 is 18.0 Å². The summed E-state index contributed by atoms with van der Waals surface area (Å²) in [6.07, 6.45) is 0.826. The summed E-state index contributed by atoms with van der Waals surface area (Å²) in [5, 5.41) is 8.83. The minimum Gasteiger partial charge on any atom is -0.493 e. The first kappa shape index (κ1) is 22.2. The number of benzene rings is 2. The van der Waals surface area contributed by atoms with E-state index in [9.17, 15) is 9.59 Å². The predicted molar refractivity (Wildman–Crippen MR) is 116 cm³/mol. The number of methoxy groups -OCH3 is 3. The second-order valence-electron chi connectivity index (χ2n) is 6.94. The Morgan fingerprint density at radius 2 is 1.77 bits per heavy atom. The van der Waals surface area contributed by atoms with Crippen molar-refractivity contribution in [2.75, 3.05) is 34.4 Å². The molecule has 31 heavy (non-hydrogen) atoms. The van der Waals surface area contributed by atoms with Crippen LogP contribution in [-0.2, 0) is 16.0 Å². The predicted octanol–water partition coefficient (Wildman–Crippen LogP) is 2.32. The van der Waals surface area contributed by atoms with Crippen LogP contribution in [0.25, 0.3) is 0 Å². The van der Waals surface area contributed by atoms with E-state index in [4.69, 9.17) is 14.2 Å². The third kappa shape index (κ3) is 5.35. The molecule has 0 aliphatic carbocycles. The SMILES string of the molecule is COC(=O)C1=C(CNCCc2ccccc2)NC(=O)N[C@@H]1c1ccc(OC)c(OC)c1. The molecule has 0 spiro atoms. The highest BCUT2D eigenvalue weighted by atomic mass is 16.5. The molecule has 2 amide bonds. The number of hydrogen-bond acceptors (Lipinski definition) is 6. The van der Waals surface area contributed by atoms with Gasteiger partial charge in [-0.15, -0.1) is 0 Å². The van der Waals surface area contributed by atoms with Crippen molar-refractivity contribution in [1.29, 1.82) is 0 Å². The molecule has 0 radical (unpaired) electrons. The van der Waals surface area contributed by atoms with Crippen LogP contribution in [0.2, 0.25) is 0 Å². The Kier molecular flexibility index (Phi) is 7.50. The van der Waals surface area contributed by atoms with Gasteiger partial charge in [-0.3, -0.25) is 0 Å². The highest BCUT2D eigenvalue weighted by Crippen LogP contribution is 2.34. The van der Waals surface area contributed by atoms with Gasteiger partial charge in [0, 0.05) is 12.2 Å². The van der Waals surface area contributed by atoms with Gasteiger partial charge in [0.05, 0.1) is 32.9 Å². The zero-order valence-electron chi connectivity index (χ0n) is 17.9. The lowest BCUT2D eigenvalue weighted by atomic mass is 9.94.